The quantitative estimate of drug-likeness (QED) is 0.758. The van der Waals surface area contributed by atoms with E-state index < -0.39 is 0 Å². The summed E-state index contributed by atoms with van der Waals surface area (Å²) in [6.07, 6.45) is 0.892. The summed E-state index contributed by atoms with van der Waals surface area (Å²) in [5.74, 6) is 0.572. The Labute approximate surface area is 171 Å². The molecule has 2 amide bonds. The molecule has 0 radical (unpaired) electrons. The summed E-state index contributed by atoms with van der Waals surface area (Å²) in [7, 11) is 1.65. The van der Waals surface area contributed by atoms with Crippen molar-refractivity contribution in [3.05, 3.63) is 45.1 Å². The topological polar surface area (TPSA) is 61.9 Å². The second kappa shape index (κ2) is 9.23. The number of nitrogens with one attached hydrogen (secondary N) is 1. The highest BCUT2D eigenvalue weighted by molar-refractivity contribution is 9.11. The number of nitrogens with zero attached hydrogens (tertiary/aromatic N) is 2. The predicted molar refractivity (Wildman–Crippen MR) is 111 cm³/mol. The number of amides is 2. The van der Waals surface area contributed by atoms with E-state index in [9.17, 15) is 9.59 Å². The van der Waals surface area contributed by atoms with Crippen LogP contribution in [-0.2, 0) is 4.79 Å². The zero-order valence-electron chi connectivity index (χ0n) is 15.1. The molecular weight excluding hydrogens is 430 g/mol. The van der Waals surface area contributed by atoms with Gasteiger partial charge in [0.1, 0.15) is 5.75 Å². The number of methoxy groups -OCH3 is 1. The molecule has 2 aromatic rings. The Bertz CT molecular complexity index is 794. The Morgan fingerprint density at radius 3 is 2.56 bits per heavy atom. The van der Waals surface area contributed by atoms with E-state index in [4.69, 9.17) is 4.74 Å². The van der Waals surface area contributed by atoms with Crippen molar-refractivity contribution in [3.8, 4) is 5.75 Å². The minimum Gasteiger partial charge on any atom is -0.497 e. The summed E-state index contributed by atoms with van der Waals surface area (Å²) in [4.78, 5) is 29.3. The second-order valence-corrected chi connectivity index (χ2v) is 8.67. The highest BCUT2D eigenvalue weighted by Crippen LogP contribution is 2.22. The van der Waals surface area contributed by atoms with Crippen molar-refractivity contribution < 1.29 is 14.3 Å². The van der Waals surface area contributed by atoms with E-state index in [0.717, 1.165) is 34.7 Å². The zero-order chi connectivity index (χ0) is 19.2. The number of carbonyl (C=O) groups is 2. The zero-order valence-corrected chi connectivity index (χ0v) is 17.5. The van der Waals surface area contributed by atoms with Crippen LogP contribution in [0.4, 0.5) is 5.69 Å². The standard InChI is InChI=1S/C19H22BrN3O3S/c1-26-15-5-3-14(4-6-15)22-9-2-10-23(12-11-22)18(24)13-21-19(25)16-7-8-17(20)27-16/h3-8H,2,9-13H2,1H3,(H,21,25). The molecule has 1 fully saturated rings. The monoisotopic (exact) mass is 451 g/mol. The number of benzene rings is 1. The molecule has 1 aromatic carbocycles. The highest BCUT2D eigenvalue weighted by atomic mass is 79.9. The molecule has 0 saturated carbocycles. The van der Waals surface area contributed by atoms with Gasteiger partial charge in [-0.2, -0.15) is 0 Å². The van der Waals surface area contributed by atoms with Crippen LogP contribution in [0, 0.1) is 0 Å². The number of carbonyl (C=O) groups excluding carboxylic acids is 2. The smallest absolute Gasteiger partial charge is 0.261 e. The normalized spacial score (nSPS) is 14.6. The van der Waals surface area contributed by atoms with Crippen LogP contribution in [-0.4, -0.2) is 56.5 Å². The van der Waals surface area contributed by atoms with Crippen LogP contribution in [0.2, 0.25) is 0 Å². The number of hydrogen-bond donors (Lipinski definition) is 1. The lowest BCUT2D eigenvalue weighted by molar-refractivity contribution is -0.129. The van der Waals surface area contributed by atoms with E-state index in [1.807, 2.05) is 35.2 Å². The highest BCUT2D eigenvalue weighted by Gasteiger charge is 2.20. The Hall–Kier alpha value is -2.06. The lowest BCUT2D eigenvalue weighted by atomic mass is 10.2. The lowest BCUT2D eigenvalue weighted by Crippen LogP contribution is -2.41. The van der Waals surface area contributed by atoms with E-state index in [2.05, 4.69) is 26.1 Å². The van der Waals surface area contributed by atoms with E-state index in [1.54, 1.807) is 13.2 Å². The van der Waals surface area contributed by atoms with Crippen LogP contribution in [0.1, 0.15) is 16.1 Å². The first-order valence-electron chi connectivity index (χ1n) is 8.77. The summed E-state index contributed by atoms with van der Waals surface area (Å²) >= 11 is 4.69. The summed E-state index contributed by atoms with van der Waals surface area (Å²) in [6.45, 7) is 3.03. The number of rotatable bonds is 5. The first-order valence-corrected chi connectivity index (χ1v) is 10.4. The second-order valence-electron chi connectivity index (χ2n) is 6.21. The maximum Gasteiger partial charge on any atom is 0.261 e. The van der Waals surface area contributed by atoms with Gasteiger partial charge in [-0.1, -0.05) is 0 Å². The van der Waals surface area contributed by atoms with Gasteiger partial charge >= 0.3 is 0 Å². The molecule has 27 heavy (non-hydrogen) atoms. The molecule has 3 rings (SSSR count). The summed E-state index contributed by atoms with van der Waals surface area (Å²) in [6, 6.07) is 11.5. The van der Waals surface area contributed by atoms with Crippen LogP contribution in [0.5, 0.6) is 5.75 Å². The van der Waals surface area contributed by atoms with Crippen molar-refractivity contribution >= 4 is 44.8 Å². The largest absolute Gasteiger partial charge is 0.497 e. The van der Waals surface area contributed by atoms with Crippen molar-refractivity contribution in [2.45, 2.75) is 6.42 Å². The van der Waals surface area contributed by atoms with Gasteiger partial charge in [-0.05, 0) is 58.7 Å². The number of halogens is 1. The van der Waals surface area contributed by atoms with Gasteiger partial charge in [0, 0.05) is 31.9 Å². The molecular formula is C19H22BrN3O3S. The van der Waals surface area contributed by atoms with Crippen molar-refractivity contribution in [1.29, 1.82) is 0 Å². The molecule has 0 atom stereocenters. The molecule has 0 spiro atoms. The SMILES string of the molecule is COc1ccc(N2CCCN(C(=O)CNC(=O)c3ccc(Br)s3)CC2)cc1. The van der Waals surface area contributed by atoms with Gasteiger partial charge in [0.05, 0.1) is 22.3 Å². The molecule has 0 aliphatic carbocycles. The molecule has 1 saturated heterocycles. The van der Waals surface area contributed by atoms with Gasteiger partial charge in [-0.3, -0.25) is 9.59 Å². The van der Waals surface area contributed by atoms with Crippen LogP contribution >= 0.6 is 27.3 Å². The molecule has 144 valence electrons. The maximum atomic E-state index is 12.5. The first-order chi connectivity index (χ1) is 13.1. The van der Waals surface area contributed by atoms with Crippen LogP contribution < -0.4 is 15.0 Å². The van der Waals surface area contributed by atoms with Gasteiger partial charge in [-0.25, -0.2) is 0 Å². The van der Waals surface area contributed by atoms with Gasteiger partial charge in [0.25, 0.3) is 5.91 Å². The Morgan fingerprint density at radius 2 is 1.89 bits per heavy atom. The third kappa shape index (κ3) is 5.23. The van der Waals surface area contributed by atoms with Gasteiger partial charge < -0.3 is 19.9 Å². The van der Waals surface area contributed by atoms with Crippen molar-refractivity contribution in [2.24, 2.45) is 0 Å². The van der Waals surface area contributed by atoms with Gasteiger partial charge in [0.15, 0.2) is 0 Å². The lowest BCUT2D eigenvalue weighted by Gasteiger charge is -2.24. The molecule has 0 bridgehead atoms. The Kier molecular flexibility index (Phi) is 6.73. The van der Waals surface area contributed by atoms with Crippen molar-refractivity contribution in [3.63, 3.8) is 0 Å². The third-order valence-electron chi connectivity index (χ3n) is 4.48. The summed E-state index contributed by atoms with van der Waals surface area (Å²) in [5.41, 5.74) is 1.13. The molecule has 1 aliphatic rings. The minimum atomic E-state index is -0.214. The average Bonchev–Trinajstić information content (AvgIpc) is 2.98. The molecule has 1 N–H and O–H groups in total. The fourth-order valence-corrected chi connectivity index (χ4v) is 4.31. The van der Waals surface area contributed by atoms with Crippen LogP contribution in [0.3, 0.4) is 0 Å². The number of thiophene rings is 1. The number of ether oxygens (including phenoxy) is 1. The molecule has 1 aromatic heterocycles. The van der Waals surface area contributed by atoms with E-state index >= 15 is 0 Å². The first kappa shape index (κ1) is 19.7. The van der Waals surface area contributed by atoms with Crippen LogP contribution in [0.15, 0.2) is 40.2 Å². The van der Waals surface area contributed by atoms with E-state index in [1.165, 1.54) is 11.3 Å². The van der Waals surface area contributed by atoms with Gasteiger partial charge in [0.2, 0.25) is 5.91 Å². The molecule has 6 nitrogen and oxygen atoms in total. The summed E-state index contributed by atoms with van der Waals surface area (Å²) in [5, 5.41) is 2.72. The third-order valence-corrected chi connectivity index (χ3v) is 6.11. The minimum absolute atomic E-state index is 0.0247. The average molecular weight is 452 g/mol. The molecule has 1 aliphatic heterocycles. The summed E-state index contributed by atoms with van der Waals surface area (Å²) < 4.78 is 6.10. The van der Waals surface area contributed by atoms with Gasteiger partial charge in [-0.15, -0.1) is 11.3 Å². The Morgan fingerprint density at radius 1 is 1.11 bits per heavy atom. The fourth-order valence-electron chi connectivity index (χ4n) is 3.01. The fraction of sp³-hybridized carbons (Fsp3) is 0.368. The molecule has 2 heterocycles. The van der Waals surface area contributed by atoms with Crippen molar-refractivity contribution in [1.82, 2.24) is 10.2 Å². The van der Waals surface area contributed by atoms with Crippen LogP contribution in [0.25, 0.3) is 0 Å². The maximum absolute atomic E-state index is 12.5. The Balaban J connectivity index is 1.50. The number of hydrogen-bond acceptors (Lipinski definition) is 5. The molecule has 8 heteroatoms. The van der Waals surface area contributed by atoms with Crippen molar-refractivity contribution in [2.75, 3.05) is 44.7 Å². The molecule has 0 unspecified atom stereocenters. The van der Waals surface area contributed by atoms with E-state index in [0.29, 0.717) is 18.0 Å². The van der Waals surface area contributed by atoms with E-state index in [-0.39, 0.29) is 18.4 Å². The predicted octanol–water partition coefficient (Wildman–Crippen LogP) is 2.99. The number of anilines is 1.